The maximum atomic E-state index is 10.9. The lowest BCUT2D eigenvalue weighted by Gasteiger charge is -2.08. The van der Waals surface area contributed by atoms with Crippen molar-refractivity contribution in [2.75, 3.05) is 6.61 Å². The van der Waals surface area contributed by atoms with Gasteiger partial charge in [-0.05, 0) is 18.1 Å². The first-order valence-electron chi connectivity index (χ1n) is 5.63. The third kappa shape index (κ3) is 3.71. The zero-order chi connectivity index (χ0) is 13.5. The molecule has 0 aromatic heterocycles. The Kier molecular flexibility index (Phi) is 5.08. The van der Waals surface area contributed by atoms with Gasteiger partial charge in [-0.3, -0.25) is 10.1 Å². The van der Waals surface area contributed by atoms with Gasteiger partial charge in [-0.2, -0.15) is 5.26 Å². The monoisotopic (exact) mass is 249 g/mol. The van der Waals surface area contributed by atoms with E-state index >= 15 is 0 Å². The number of nitriles is 1. The summed E-state index contributed by atoms with van der Waals surface area (Å²) in [6.45, 7) is 2.10. The zero-order valence-electron chi connectivity index (χ0n) is 10.1. The van der Waals surface area contributed by atoms with Crippen LogP contribution in [-0.4, -0.2) is 17.6 Å². The summed E-state index contributed by atoms with van der Waals surface area (Å²) >= 11 is 0. The van der Waals surface area contributed by atoms with E-state index in [1.165, 1.54) is 6.07 Å². The molecule has 0 saturated heterocycles. The second-order valence-corrected chi connectivity index (χ2v) is 3.79. The Hall–Kier alpha value is -2.13. The van der Waals surface area contributed by atoms with Gasteiger partial charge in [0.2, 0.25) is 0 Å². The van der Waals surface area contributed by atoms with Crippen LogP contribution in [0.2, 0.25) is 0 Å². The Morgan fingerprint density at radius 2 is 2.33 bits per heavy atom. The van der Waals surface area contributed by atoms with Crippen LogP contribution in [0.15, 0.2) is 18.2 Å². The van der Waals surface area contributed by atoms with E-state index in [9.17, 15) is 10.1 Å². The van der Waals surface area contributed by atoms with Crippen molar-refractivity contribution in [1.82, 2.24) is 0 Å². The van der Waals surface area contributed by atoms with Crippen molar-refractivity contribution in [3.05, 3.63) is 33.9 Å². The molecule has 96 valence electrons. The number of hydrogen-bond donors (Lipinski definition) is 1. The van der Waals surface area contributed by atoms with E-state index in [-0.39, 0.29) is 18.0 Å². The Morgan fingerprint density at radius 3 is 2.89 bits per heavy atom. The molecule has 0 fully saturated rings. The summed E-state index contributed by atoms with van der Waals surface area (Å²) in [7, 11) is 0. The summed E-state index contributed by atoms with van der Waals surface area (Å²) in [5.74, 6) is 0.210. The molecule has 0 aliphatic rings. The molecule has 0 spiro atoms. The maximum absolute atomic E-state index is 10.9. The van der Waals surface area contributed by atoms with Crippen LogP contribution in [0.1, 0.15) is 18.9 Å². The highest BCUT2D eigenvalue weighted by molar-refractivity contribution is 5.48. The van der Waals surface area contributed by atoms with Gasteiger partial charge in [-0.25, -0.2) is 0 Å². The van der Waals surface area contributed by atoms with Crippen LogP contribution in [0.3, 0.4) is 0 Å². The van der Waals surface area contributed by atoms with Crippen molar-refractivity contribution in [2.24, 2.45) is 5.73 Å². The van der Waals surface area contributed by atoms with Crippen molar-refractivity contribution < 1.29 is 9.66 Å². The maximum Gasteiger partial charge on any atom is 0.311 e. The number of nitrogens with two attached hydrogens (primary N) is 1. The van der Waals surface area contributed by atoms with Gasteiger partial charge in [0.25, 0.3) is 0 Å². The van der Waals surface area contributed by atoms with Gasteiger partial charge in [0.1, 0.15) is 0 Å². The van der Waals surface area contributed by atoms with Crippen molar-refractivity contribution in [3.63, 3.8) is 0 Å². The summed E-state index contributed by atoms with van der Waals surface area (Å²) in [5, 5.41) is 19.4. The largest absolute Gasteiger partial charge is 0.487 e. The predicted molar refractivity (Wildman–Crippen MR) is 66.2 cm³/mol. The topological polar surface area (TPSA) is 102 Å². The fourth-order valence-electron chi connectivity index (χ4n) is 1.41. The molecule has 0 saturated carbocycles. The SMILES string of the molecule is CCc1ccc(OCCC(N)C#N)c([N+](=O)[O-])c1. The van der Waals surface area contributed by atoms with Gasteiger partial charge in [0, 0.05) is 12.5 Å². The van der Waals surface area contributed by atoms with E-state index in [4.69, 9.17) is 15.7 Å². The van der Waals surface area contributed by atoms with E-state index in [1.807, 2.05) is 13.0 Å². The molecule has 1 atom stereocenters. The minimum Gasteiger partial charge on any atom is -0.487 e. The number of nitrogens with zero attached hydrogens (tertiary/aromatic N) is 2. The third-order valence-electron chi connectivity index (χ3n) is 2.48. The van der Waals surface area contributed by atoms with Crippen LogP contribution in [0.5, 0.6) is 5.75 Å². The molecule has 0 heterocycles. The number of rotatable bonds is 6. The summed E-state index contributed by atoms with van der Waals surface area (Å²) in [6.07, 6.45) is 1.06. The van der Waals surface area contributed by atoms with Gasteiger partial charge in [0.05, 0.1) is 23.6 Å². The van der Waals surface area contributed by atoms with Crippen LogP contribution in [0.25, 0.3) is 0 Å². The molecule has 6 nitrogen and oxygen atoms in total. The molecule has 0 aliphatic carbocycles. The summed E-state index contributed by atoms with van der Waals surface area (Å²) in [4.78, 5) is 10.4. The number of nitro groups is 1. The Balaban J connectivity index is 2.76. The van der Waals surface area contributed by atoms with Crippen LogP contribution < -0.4 is 10.5 Å². The molecule has 1 unspecified atom stereocenters. The Labute approximate surface area is 105 Å². The number of benzene rings is 1. The van der Waals surface area contributed by atoms with E-state index < -0.39 is 11.0 Å². The lowest BCUT2D eigenvalue weighted by molar-refractivity contribution is -0.385. The second kappa shape index (κ2) is 6.57. The van der Waals surface area contributed by atoms with Crippen molar-refractivity contribution in [2.45, 2.75) is 25.8 Å². The smallest absolute Gasteiger partial charge is 0.311 e. The minimum atomic E-state index is -0.612. The van der Waals surface area contributed by atoms with E-state index in [2.05, 4.69) is 0 Å². The molecule has 0 aliphatic heterocycles. The fraction of sp³-hybridized carbons (Fsp3) is 0.417. The lowest BCUT2D eigenvalue weighted by atomic mass is 10.1. The molecule has 1 aromatic rings. The molecule has 1 rings (SSSR count). The third-order valence-corrected chi connectivity index (χ3v) is 2.48. The van der Waals surface area contributed by atoms with Gasteiger partial charge < -0.3 is 10.5 Å². The molecule has 0 bridgehead atoms. The normalized spacial score (nSPS) is 11.6. The highest BCUT2D eigenvalue weighted by atomic mass is 16.6. The fourth-order valence-corrected chi connectivity index (χ4v) is 1.41. The van der Waals surface area contributed by atoms with Crippen LogP contribution in [0, 0.1) is 21.4 Å². The highest BCUT2D eigenvalue weighted by Crippen LogP contribution is 2.28. The standard InChI is InChI=1S/C12H15N3O3/c1-2-9-3-4-12(11(7-9)15(16)17)18-6-5-10(14)8-13/h3-4,7,10H,2,5-6,14H2,1H3. The minimum absolute atomic E-state index is 0.0557. The first-order valence-corrected chi connectivity index (χ1v) is 5.63. The first-order chi connectivity index (χ1) is 8.58. The molecule has 18 heavy (non-hydrogen) atoms. The number of aryl methyl sites for hydroxylation is 1. The number of ether oxygens (including phenoxy) is 1. The zero-order valence-corrected chi connectivity index (χ0v) is 10.1. The summed E-state index contributed by atoms with van der Waals surface area (Å²) < 4.78 is 5.30. The van der Waals surface area contributed by atoms with Crippen LogP contribution >= 0.6 is 0 Å². The molecule has 2 N–H and O–H groups in total. The highest BCUT2D eigenvalue weighted by Gasteiger charge is 2.15. The lowest BCUT2D eigenvalue weighted by Crippen LogP contribution is -2.20. The van der Waals surface area contributed by atoms with Crippen molar-refractivity contribution in [3.8, 4) is 11.8 Å². The van der Waals surface area contributed by atoms with Gasteiger partial charge in [-0.1, -0.05) is 13.0 Å². The molecule has 1 aromatic carbocycles. The van der Waals surface area contributed by atoms with E-state index in [0.29, 0.717) is 6.42 Å². The molecular weight excluding hydrogens is 234 g/mol. The van der Waals surface area contributed by atoms with Crippen LogP contribution in [-0.2, 0) is 6.42 Å². The summed E-state index contributed by atoms with van der Waals surface area (Å²) in [6, 6.07) is 6.12. The molecular formula is C12H15N3O3. The number of hydrogen-bond acceptors (Lipinski definition) is 5. The van der Waals surface area contributed by atoms with Crippen molar-refractivity contribution >= 4 is 5.69 Å². The predicted octanol–water partition coefficient (Wildman–Crippen LogP) is 1.78. The van der Waals surface area contributed by atoms with Crippen LogP contribution in [0.4, 0.5) is 5.69 Å². The van der Waals surface area contributed by atoms with Crippen molar-refractivity contribution in [1.29, 1.82) is 5.26 Å². The quantitative estimate of drug-likeness (QED) is 0.611. The average molecular weight is 249 g/mol. The Bertz CT molecular complexity index is 468. The molecule has 0 radical (unpaired) electrons. The Morgan fingerprint density at radius 1 is 1.61 bits per heavy atom. The van der Waals surface area contributed by atoms with E-state index in [1.54, 1.807) is 12.1 Å². The summed E-state index contributed by atoms with van der Waals surface area (Å²) in [5.41, 5.74) is 6.23. The number of nitro benzene ring substituents is 1. The molecule has 6 heteroatoms. The average Bonchev–Trinajstić information content (AvgIpc) is 2.38. The first kappa shape index (κ1) is 13.9. The van der Waals surface area contributed by atoms with Gasteiger partial charge in [-0.15, -0.1) is 0 Å². The van der Waals surface area contributed by atoms with E-state index in [0.717, 1.165) is 12.0 Å². The van der Waals surface area contributed by atoms with Gasteiger partial charge >= 0.3 is 5.69 Å². The van der Waals surface area contributed by atoms with Gasteiger partial charge in [0.15, 0.2) is 5.75 Å². The second-order valence-electron chi connectivity index (χ2n) is 3.79. The molecule has 0 amide bonds.